The first-order valence-corrected chi connectivity index (χ1v) is 5.28. The molecule has 3 heteroatoms. The third kappa shape index (κ3) is 2.58. The van der Waals surface area contributed by atoms with E-state index in [2.05, 4.69) is 5.32 Å². The van der Waals surface area contributed by atoms with Crippen molar-refractivity contribution >= 4 is 5.91 Å². The Bertz CT molecular complexity index is 227. The molecule has 0 unspecified atom stereocenters. The van der Waals surface area contributed by atoms with E-state index in [1.807, 2.05) is 31.9 Å². The van der Waals surface area contributed by atoms with Gasteiger partial charge in [0.05, 0.1) is 0 Å². The van der Waals surface area contributed by atoms with Crippen LogP contribution in [0.5, 0.6) is 0 Å². The molecule has 14 heavy (non-hydrogen) atoms. The molecule has 0 radical (unpaired) electrons. The van der Waals surface area contributed by atoms with Gasteiger partial charge in [-0.3, -0.25) is 4.79 Å². The quantitative estimate of drug-likeness (QED) is 0.672. The number of allylic oxidation sites excluding steroid dienone is 1. The van der Waals surface area contributed by atoms with Crippen molar-refractivity contribution in [3.8, 4) is 0 Å². The number of piperidine rings is 1. The van der Waals surface area contributed by atoms with Crippen molar-refractivity contribution in [1.82, 2.24) is 10.2 Å². The Hall–Kier alpha value is -0.830. The highest BCUT2D eigenvalue weighted by Gasteiger charge is 2.21. The largest absolute Gasteiger partial charge is 0.339 e. The topological polar surface area (TPSA) is 32.3 Å². The lowest BCUT2D eigenvalue weighted by Crippen LogP contribution is -2.44. The summed E-state index contributed by atoms with van der Waals surface area (Å²) in [6.45, 7) is 5.56. The predicted molar refractivity (Wildman–Crippen MR) is 58.1 cm³/mol. The van der Waals surface area contributed by atoms with Crippen LogP contribution in [0.2, 0.25) is 0 Å². The molecule has 1 fully saturated rings. The Morgan fingerprint density at radius 2 is 2.00 bits per heavy atom. The molecular weight excluding hydrogens is 176 g/mol. The van der Waals surface area contributed by atoms with Gasteiger partial charge in [-0.1, -0.05) is 6.08 Å². The zero-order valence-corrected chi connectivity index (χ0v) is 9.34. The zero-order valence-electron chi connectivity index (χ0n) is 9.34. The maximum absolute atomic E-state index is 11.8. The van der Waals surface area contributed by atoms with Crippen LogP contribution < -0.4 is 5.32 Å². The van der Waals surface area contributed by atoms with Gasteiger partial charge in [0.25, 0.3) is 0 Å². The highest BCUT2D eigenvalue weighted by molar-refractivity contribution is 5.92. The molecule has 1 rings (SSSR count). The smallest absolute Gasteiger partial charge is 0.249 e. The predicted octanol–water partition coefficient (Wildman–Crippen LogP) is 1.16. The van der Waals surface area contributed by atoms with E-state index in [1.165, 1.54) is 0 Å². The molecule has 0 aliphatic carbocycles. The van der Waals surface area contributed by atoms with Crippen molar-refractivity contribution in [3.63, 3.8) is 0 Å². The van der Waals surface area contributed by atoms with Gasteiger partial charge in [0, 0.05) is 24.7 Å². The molecule has 80 valence electrons. The second-order valence-electron chi connectivity index (χ2n) is 3.83. The fourth-order valence-corrected chi connectivity index (χ4v) is 1.74. The average molecular weight is 196 g/mol. The summed E-state index contributed by atoms with van der Waals surface area (Å²) in [5.41, 5.74) is 0.855. The van der Waals surface area contributed by atoms with Gasteiger partial charge in [-0.15, -0.1) is 0 Å². The molecule has 1 heterocycles. The van der Waals surface area contributed by atoms with E-state index >= 15 is 0 Å². The first-order chi connectivity index (χ1) is 6.69. The number of hydrogen-bond donors (Lipinski definition) is 1. The van der Waals surface area contributed by atoms with Crippen LogP contribution in [-0.2, 0) is 4.79 Å². The van der Waals surface area contributed by atoms with Crippen LogP contribution in [0.3, 0.4) is 0 Å². The minimum Gasteiger partial charge on any atom is -0.339 e. The summed E-state index contributed by atoms with van der Waals surface area (Å²) in [6, 6.07) is 0.588. The lowest BCUT2D eigenvalue weighted by Gasteiger charge is -2.32. The van der Waals surface area contributed by atoms with E-state index < -0.39 is 0 Å². The van der Waals surface area contributed by atoms with E-state index in [0.29, 0.717) is 6.04 Å². The normalized spacial score (nSPS) is 19.9. The number of hydrogen-bond acceptors (Lipinski definition) is 2. The molecule has 3 nitrogen and oxygen atoms in total. The average Bonchev–Trinajstić information content (AvgIpc) is 2.27. The highest BCUT2D eigenvalue weighted by Crippen LogP contribution is 2.12. The summed E-state index contributed by atoms with van der Waals surface area (Å²) < 4.78 is 0. The Labute approximate surface area is 86.2 Å². The van der Waals surface area contributed by atoms with Crippen molar-refractivity contribution in [2.24, 2.45) is 0 Å². The van der Waals surface area contributed by atoms with Gasteiger partial charge in [0.15, 0.2) is 0 Å². The summed E-state index contributed by atoms with van der Waals surface area (Å²) >= 11 is 0. The second-order valence-corrected chi connectivity index (χ2v) is 3.83. The Morgan fingerprint density at radius 3 is 2.43 bits per heavy atom. The molecule has 0 aromatic carbocycles. The van der Waals surface area contributed by atoms with E-state index in [1.54, 1.807) is 0 Å². The van der Waals surface area contributed by atoms with Crippen LogP contribution in [0.1, 0.15) is 26.7 Å². The number of carbonyl (C=O) groups excluding carboxylic acids is 1. The molecule has 1 aliphatic heterocycles. The number of nitrogens with one attached hydrogen (secondary N) is 1. The maximum Gasteiger partial charge on any atom is 0.249 e. The lowest BCUT2D eigenvalue weighted by molar-refractivity contribution is -0.128. The molecule has 0 aromatic rings. The van der Waals surface area contributed by atoms with Crippen LogP contribution in [0.15, 0.2) is 11.6 Å². The molecular formula is C11H20N2O. The Morgan fingerprint density at radius 1 is 1.43 bits per heavy atom. The van der Waals surface area contributed by atoms with Crippen LogP contribution in [0, 0.1) is 0 Å². The van der Waals surface area contributed by atoms with E-state index in [0.717, 1.165) is 31.5 Å². The number of amides is 1. The number of nitrogens with zero attached hydrogens (tertiary/aromatic N) is 1. The standard InChI is InChI=1S/C11H20N2O/c1-4-9(2)11(14)13-7-5-10(12-3)6-8-13/h4,10,12H,5-8H2,1-3H3/b9-4+. The number of likely N-dealkylation sites (tertiary alicyclic amines) is 1. The van der Waals surface area contributed by atoms with Gasteiger partial charge in [-0.05, 0) is 33.7 Å². The van der Waals surface area contributed by atoms with Crippen LogP contribution in [-0.4, -0.2) is 37.0 Å². The Kier molecular flexibility index (Phi) is 4.14. The summed E-state index contributed by atoms with van der Waals surface area (Å²) in [6.07, 6.45) is 4.02. The SMILES string of the molecule is C/C=C(\C)C(=O)N1CCC(NC)CC1. The van der Waals surface area contributed by atoms with Crippen molar-refractivity contribution in [1.29, 1.82) is 0 Å². The summed E-state index contributed by atoms with van der Waals surface area (Å²) in [4.78, 5) is 13.7. The molecule has 0 atom stereocenters. The van der Waals surface area contributed by atoms with Gasteiger partial charge in [0.2, 0.25) is 5.91 Å². The first-order valence-electron chi connectivity index (χ1n) is 5.28. The molecule has 1 amide bonds. The van der Waals surface area contributed by atoms with Crippen LogP contribution in [0.4, 0.5) is 0 Å². The van der Waals surface area contributed by atoms with Gasteiger partial charge in [0.1, 0.15) is 0 Å². The van der Waals surface area contributed by atoms with E-state index in [-0.39, 0.29) is 5.91 Å². The molecule has 0 bridgehead atoms. The van der Waals surface area contributed by atoms with Crippen molar-refractivity contribution in [2.45, 2.75) is 32.7 Å². The first kappa shape index (κ1) is 11.2. The molecule has 1 N–H and O–H groups in total. The monoisotopic (exact) mass is 196 g/mol. The highest BCUT2D eigenvalue weighted by atomic mass is 16.2. The fraction of sp³-hybridized carbons (Fsp3) is 0.727. The van der Waals surface area contributed by atoms with E-state index in [9.17, 15) is 4.79 Å². The third-order valence-corrected chi connectivity index (χ3v) is 2.96. The molecule has 0 saturated carbocycles. The zero-order chi connectivity index (χ0) is 10.6. The van der Waals surface area contributed by atoms with Crippen LogP contribution >= 0.6 is 0 Å². The fourth-order valence-electron chi connectivity index (χ4n) is 1.74. The molecule has 1 saturated heterocycles. The Balaban J connectivity index is 2.46. The van der Waals surface area contributed by atoms with Gasteiger partial charge >= 0.3 is 0 Å². The van der Waals surface area contributed by atoms with Crippen molar-refractivity contribution in [2.75, 3.05) is 20.1 Å². The summed E-state index contributed by atoms with van der Waals surface area (Å²) in [7, 11) is 1.99. The van der Waals surface area contributed by atoms with Gasteiger partial charge in [-0.2, -0.15) is 0 Å². The summed E-state index contributed by atoms with van der Waals surface area (Å²) in [5.74, 6) is 0.196. The van der Waals surface area contributed by atoms with Crippen molar-refractivity contribution < 1.29 is 4.79 Å². The van der Waals surface area contributed by atoms with Gasteiger partial charge in [-0.25, -0.2) is 0 Å². The van der Waals surface area contributed by atoms with Crippen molar-refractivity contribution in [3.05, 3.63) is 11.6 Å². The van der Waals surface area contributed by atoms with E-state index in [4.69, 9.17) is 0 Å². The summed E-state index contributed by atoms with van der Waals surface area (Å²) in [5, 5.41) is 3.25. The number of carbonyl (C=O) groups is 1. The molecule has 0 spiro atoms. The minimum absolute atomic E-state index is 0.196. The van der Waals surface area contributed by atoms with Gasteiger partial charge < -0.3 is 10.2 Å². The molecule has 1 aliphatic rings. The second kappa shape index (κ2) is 5.15. The number of rotatable bonds is 2. The minimum atomic E-state index is 0.196. The third-order valence-electron chi connectivity index (χ3n) is 2.96. The maximum atomic E-state index is 11.8. The molecule has 0 aromatic heterocycles. The lowest BCUT2D eigenvalue weighted by atomic mass is 10.0. The van der Waals surface area contributed by atoms with Crippen LogP contribution in [0.25, 0.3) is 0 Å².